The molecule has 364 valence electrons. The van der Waals surface area contributed by atoms with Gasteiger partial charge in [0.15, 0.2) is 46.8 Å². The average Bonchev–Trinajstić information content (AvgIpc) is 3.88. The molecule has 11 rings (SSSR count). The summed E-state index contributed by atoms with van der Waals surface area (Å²) in [7, 11) is 3.59. The summed E-state index contributed by atoms with van der Waals surface area (Å²) >= 11 is 0. The summed E-state index contributed by atoms with van der Waals surface area (Å²) in [6, 6.07) is 7.67. The van der Waals surface area contributed by atoms with Crippen molar-refractivity contribution in [3.63, 3.8) is 0 Å². The predicted octanol–water partition coefficient (Wildman–Crippen LogP) is 10.3. The van der Waals surface area contributed by atoms with Crippen molar-refractivity contribution in [2.75, 3.05) is 27.4 Å². The van der Waals surface area contributed by atoms with Gasteiger partial charge in [-0.05, 0) is 160 Å². The van der Waals surface area contributed by atoms with Crippen LogP contribution in [0.4, 0.5) is 9.59 Å². The number of hydrogen-bond donors (Lipinski definition) is 0. The van der Waals surface area contributed by atoms with Crippen molar-refractivity contribution in [3.05, 3.63) is 71.8 Å². The Bertz CT molecular complexity index is 2250. The molecule has 4 unspecified atom stereocenters. The van der Waals surface area contributed by atoms with Crippen LogP contribution in [0.2, 0.25) is 0 Å². The van der Waals surface area contributed by atoms with Gasteiger partial charge < -0.3 is 37.9 Å². The minimum Gasteiger partial charge on any atom is -0.477 e. The minimum absolute atomic E-state index is 0.0732. The Kier molecular flexibility index (Phi) is 11.5. The molecule has 4 bridgehead atoms. The van der Waals surface area contributed by atoms with Crippen molar-refractivity contribution < 1.29 is 57.1 Å². The maximum Gasteiger partial charge on any atom is 0.513 e. The van der Waals surface area contributed by atoms with Crippen LogP contribution in [0.3, 0.4) is 0 Å². The third-order valence-corrected chi connectivity index (χ3v) is 19.8. The molecule has 2 heterocycles. The standard InChI is InChI=1S/C56H68O12/c1-7-9-35-19-23-53-45-37-15-17-43(47(45)67-49(53)41(57)21-25-55(53,61-5)39(27-37)31(35)3)65-51(59)63-29-33-11-13-34(14-12-33)30-64-52(60)66-44-18-16-38-28-40-32(4)36(10-8-2)20-24-54-46(38)48(44)68-50(54)42(58)22-26-56(40,54)62-6/h7-8,15-18,31-36,39-40,49-50H,1-2,9-14,19-30H2,3-6H3/t31?,32?,33?,34?,35?,36?,39-,40-,49-,50-,53-,54-,55+,56+/m0/s1. The highest BCUT2D eigenvalue weighted by molar-refractivity contribution is 5.91. The topological polar surface area (TPSA) is 142 Å². The number of ether oxygens (including phenoxy) is 8. The van der Waals surface area contributed by atoms with Crippen LogP contribution in [0.15, 0.2) is 49.6 Å². The summed E-state index contributed by atoms with van der Waals surface area (Å²) in [4.78, 5) is 54.3. The van der Waals surface area contributed by atoms with E-state index in [0.29, 0.717) is 60.9 Å². The van der Waals surface area contributed by atoms with Crippen molar-refractivity contribution in [2.24, 2.45) is 47.3 Å². The highest BCUT2D eigenvalue weighted by Crippen LogP contribution is 2.70. The first-order valence-electron chi connectivity index (χ1n) is 25.6. The predicted molar refractivity (Wildman–Crippen MR) is 250 cm³/mol. The van der Waals surface area contributed by atoms with Gasteiger partial charge in [-0.2, -0.15) is 0 Å². The zero-order chi connectivity index (χ0) is 47.3. The van der Waals surface area contributed by atoms with Gasteiger partial charge in [0, 0.05) is 38.2 Å². The highest BCUT2D eigenvalue weighted by atomic mass is 16.7. The Morgan fingerprint density at radius 2 is 1.04 bits per heavy atom. The Hall–Kier alpha value is -4.68. The molecule has 12 nitrogen and oxygen atoms in total. The Morgan fingerprint density at radius 3 is 1.43 bits per heavy atom. The van der Waals surface area contributed by atoms with E-state index in [1.54, 1.807) is 26.4 Å². The number of benzene rings is 2. The quantitative estimate of drug-likeness (QED) is 0.114. The molecule has 12 heteroatoms. The molecule has 7 aliphatic carbocycles. The van der Waals surface area contributed by atoms with Crippen molar-refractivity contribution in [2.45, 2.75) is 151 Å². The van der Waals surface area contributed by atoms with E-state index in [0.717, 1.165) is 99.3 Å². The number of carbonyl (C=O) groups is 4. The second kappa shape index (κ2) is 17.0. The molecule has 0 amide bonds. The van der Waals surface area contributed by atoms with E-state index < -0.39 is 46.6 Å². The lowest BCUT2D eigenvalue weighted by Crippen LogP contribution is -2.69. The first-order chi connectivity index (χ1) is 32.9. The van der Waals surface area contributed by atoms with Crippen LogP contribution in [-0.2, 0) is 52.2 Å². The van der Waals surface area contributed by atoms with E-state index in [4.69, 9.17) is 37.9 Å². The molecule has 9 aliphatic rings. The van der Waals surface area contributed by atoms with Gasteiger partial charge in [-0.3, -0.25) is 9.59 Å². The summed E-state index contributed by atoms with van der Waals surface area (Å²) in [6.45, 7) is 13.2. The summed E-state index contributed by atoms with van der Waals surface area (Å²) in [6.07, 6.45) is 13.0. The molecule has 2 spiro atoms. The van der Waals surface area contributed by atoms with Crippen LogP contribution in [0.25, 0.3) is 0 Å². The lowest BCUT2D eigenvalue weighted by atomic mass is 9.48. The largest absolute Gasteiger partial charge is 0.513 e. The molecule has 2 aromatic carbocycles. The molecule has 0 aromatic heterocycles. The molecule has 2 aromatic rings. The first kappa shape index (κ1) is 45.7. The zero-order valence-corrected chi connectivity index (χ0v) is 40.3. The Morgan fingerprint density at radius 1 is 0.632 bits per heavy atom. The van der Waals surface area contributed by atoms with E-state index in [-0.39, 0.29) is 60.0 Å². The minimum atomic E-state index is -0.806. The number of carbonyl (C=O) groups excluding carboxylic acids is 4. The second-order valence-corrected chi connectivity index (χ2v) is 22.1. The number of methoxy groups -OCH3 is 2. The molecule has 2 aliphatic heterocycles. The summed E-state index contributed by atoms with van der Waals surface area (Å²) < 4.78 is 49.9. The average molecular weight is 933 g/mol. The van der Waals surface area contributed by atoms with E-state index >= 15 is 0 Å². The Balaban J connectivity index is 0.712. The SMILES string of the molecule is C=CCC1CC[C@]23c4c5ccc(OC(=O)OCC6CCC(COC(=O)Oc7ccc8c9c7O[C@H]7C(=O)CC[C@@]%10(OC)[C@@H](C8)C(C)C(CC=C)CC[C@]97%10)CC6)c4O[C@H]2C(=O)CC[C@@]3(OC)[C@@H](C5)C1C. The molecule has 0 N–H and O–H groups in total. The normalized spacial score (nSPS) is 38.9. The lowest BCUT2D eigenvalue weighted by Gasteiger charge is -2.58. The fourth-order valence-electron chi connectivity index (χ4n) is 16.6. The Labute approximate surface area is 400 Å². The van der Waals surface area contributed by atoms with Crippen molar-refractivity contribution in [1.82, 2.24) is 0 Å². The van der Waals surface area contributed by atoms with E-state index in [9.17, 15) is 19.2 Å². The van der Waals surface area contributed by atoms with Gasteiger partial charge in [0.05, 0.1) is 35.2 Å². The van der Waals surface area contributed by atoms with Gasteiger partial charge in [0.1, 0.15) is 0 Å². The van der Waals surface area contributed by atoms with Gasteiger partial charge in [-0.25, -0.2) is 9.59 Å². The van der Waals surface area contributed by atoms with Crippen LogP contribution in [-0.4, -0.2) is 74.7 Å². The monoisotopic (exact) mass is 932 g/mol. The van der Waals surface area contributed by atoms with Gasteiger partial charge in [-0.15, -0.1) is 13.2 Å². The summed E-state index contributed by atoms with van der Waals surface area (Å²) in [5.41, 5.74) is 1.78. The number of allylic oxidation sites excluding steroid dienone is 2. The fraction of sp³-hybridized carbons (Fsp3) is 0.643. The number of hydrogen-bond acceptors (Lipinski definition) is 12. The second-order valence-electron chi connectivity index (χ2n) is 22.1. The first-order valence-corrected chi connectivity index (χ1v) is 25.6. The van der Waals surface area contributed by atoms with Crippen molar-refractivity contribution in [1.29, 1.82) is 0 Å². The maximum atomic E-state index is 13.8. The van der Waals surface area contributed by atoms with Crippen molar-refractivity contribution >= 4 is 23.9 Å². The van der Waals surface area contributed by atoms with Crippen LogP contribution in [0.5, 0.6) is 23.0 Å². The van der Waals surface area contributed by atoms with E-state index in [1.807, 2.05) is 24.3 Å². The fourth-order valence-corrected chi connectivity index (χ4v) is 16.6. The summed E-state index contributed by atoms with van der Waals surface area (Å²) in [5, 5.41) is 0. The zero-order valence-electron chi connectivity index (χ0n) is 40.3. The molecule has 68 heavy (non-hydrogen) atoms. The van der Waals surface area contributed by atoms with Crippen LogP contribution < -0.4 is 18.9 Å². The molecule has 12 atom stereocenters. The van der Waals surface area contributed by atoms with Gasteiger partial charge in [-0.1, -0.05) is 38.1 Å². The molecular weight excluding hydrogens is 865 g/mol. The number of ketones is 2. The third-order valence-electron chi connectivity index (χ3n) is 19.8. The van der Waals surface area contributed by atoms with E-state index in [2.05, 4.69) is 27.0 Å². The van der Waals surface area contributed by atoms with Crippen LogP contribution in [0, 0.1) is 47.3 Å². The van der Waals surface area contributed by atoms with Crippen LogP contribution in [0.1, 0.15) is 126 Å². The third kappa shape index (κ3) is 6.36. The maximum absolute atomic E-state index is 13.8. The molecule has 0 saturated heterocycles. The van der Waals surface area contributed by atoms with Gasteiger partial charge in [0.25, 0.3) is 0 Å². The molecule has 5 saturated carbocycles. The highest BCUT2D eigenvalue weighted by Gasteiger charge is 2.75. The molecule has 5 fully saturated rings. The molecular formula is C56H68O12. The van der Waals surface area contributed by atoms with E-state index in [1.165, 1.54) is 0 Å². The van der Waals surface area contributed by atoms with Gasteiger partial charge in [0.2, 0.25) is 0 Å². The van der Waals surface area contributed by atoms with Crippen LogP contribution >= 0.6 is 0 Å². The smallest absolute Gasteiger partial charge is 0.477 e. The summed E-state index contributed by atoms with van der Waals surface area (Å²) in [5.74, 6) is 3.88. The lowest BCUT2D eigenvalue weighted by molar-refractivity contribution is -0.181. The number of Topliss-reactive ketones (excluding diaryl/α,β-unsaturated/α-hetero) is 2. The number of rotatable bonds is 12. The van der Waals surface area contributed by atoms with Crippen molar-refractivity contribution in [3.8, 4) is 23.0 Å². The van der Waals surface area contributed by atoms with Gasteiger partial charge >= 0.3 is 12.3 Å². The molecule has 0 radical (unpaired) electrons.